The number of amides is 1. The van der Waals surface area contributed by atoms with Crippen molar-refractivity contribution in [1.29, 1.82) is 0 Å². The van der Waals surface area contributed by atoms with E-state index < -0.39 is 0 Å². The summed E-state index contributed by atoms with van der Waals surface area (Å²) in [6, 6.07) is 13.0. The van der Waals surface area contributed by atoms with Gasteiger partial charge in [0.05, 0.1) is 4.88 Å². The number of thiophene rings is 1. The number of nitrogens with zero attached hydrogens (tertiary/aromatic N) is 2. The highest BCUT2D eigenvalue weighted by molar-refractivity contribution is 7.12. The molecular weight excluding hydrogens is 334 g/mol. The van der Waals surface area contributed by atoms with Crippen molar-refractivity contribution in [3.8, 4) is 0 Å². The first kappa shape index (κ1) is 16.9. The predicted octanol–water partition coefficient (Wildman–Crippen LogP) is 4.27. The minimum atomic E-state index is -0.104. The maximum atomic E-state index is 12.0. The van der Waals surface area contributed by atoms with Gasteiger partial charge in [-0.3, -0.25) is 4.79 Å². The van der Waals surface area contributed by atoms with Crippen LogP contribution in [0.4, 0.5) is 23.1 Å². The minimum Gasteiger partial charge on any atom is -0.370 e. The standard InChI is InChI=1S/C18H19N5OS/c1-3-19-16-11-12(2)20-18(23-16)22-14-8-6-13(7-9-14)21-17(24)15-5-4-10-25-15/h4-11H,3H2,1-2H3,(H,21,24)(H2,19,20,22,23). The normalized spacial score (nSPS) is 10.3. The SMILES string of the molecule is CCNc1cc(C)nc(Nc2ccc(NC(=O)c3cccs3)cc2)n1. The summed E-state index contributed by atoms with van der Waals surface area (Å²) in [5.41, 5.74) is 2.47. The van der Waals surface area contributed by atoms with Gasteiger partial charge in [-0.15, -0.1) is 11.3 Å². The summed E-state index contributed by atoms with van der Waals surface area (Å²) in [5, 5.41) is 11.1. The third-order valence-electron chi connectivity index (χ3n) is 3.36. The first-order chi connectivity index (χ1) is 12.1. The van der Waals surface area contributed by atoms with Gasteiger partial charge in [0.15, 0.2) is 0 Å². The van der Waals surface area contributed by atoms with Crippen LogP contribution in [0.2, 0.25) is 0 Å². The summed E-state index contributed by atoms with van der Waals surface area (Å²) in [7, 11) is 0. The van der Waals surface area contributed by atoms with Gasteiger partial charge in [-0.1, -0.05) is 6.07 Å². The molecule has 0 atom stereocenters. The molecule has 0 saturated heterocycles. The fourth-order valence-corrected chi connectivity index (χ4v) is 2.88. The van der Waals surface area contributed by atoms with Gasteiger partial charge in [-0.05, 0) is 49.6 Å². The average Bonchev–Trinajstić information content (AvgIpc) is 3.11. The molecule has 0 aliphatic heterocycles. The average molecular weight is 353 g/mol. The Balaban J connectivity index is 1.67. The van der Waals surface area contributed by atoms with Crippen LogP contribution in [0.3, 0.4) is 0 Å². The second-order valence-electron chi connectivity index (χ2n) is 5.38. The van der Waals surface area contributed by atoms with Crippen LogP contribution in [0.25, 0.3) is 0 Å². The lowest BCUT2D eigenvalue weighted by Gasteiger charge is -2.10. The predicted molar refractivity (Wildman–Crippen MR) is 103 cm³/mol. The highest BCUT2D eigenvalue weighted by Gasteiger charge is 2.07. The molecule has 0 bridgehead atoms. The fraction of sp³-hybridized carbons (Fsp3) is 0.167. The quantitative estimate of drug-likeness (QED) is 0.617. The van der Waals surface area contributed by atoms with Crippen molar-refractivity contribution >= 4 is 40.4 Å². The van der Waals surface area contributed by atoms with Crippen molar-refractivity contribution in [2.75, 3.05) is 22.5 Å². The van der Waals surface area contributed by atoms with Gasteiger partial charge in [0.2, 0.25) is 5.95 Å². The van der Waals surface area contributed by atoms with Crippen molar-refractivity contribution in [3.63, 3.8) is 0 Å². The Morgan fingerprint density at radius 3 is 2.56 bits per heavy atom. The van der Waals surface area contributed by atoms with E-state index in [1.807, 2.05) is 55.6 Å². The Hall–Kier alpha value is -2.93. The van der Waals surface area contributed by atoms with Crippen molar-refractivity contribution in [2.45, 2.75) is 13.8 Å². The molecule has 0 unspecified atom stereocenters. The summed E-state index contributed by atoms with van der Waals surface area (Å²) in [4.78, 5) is 21.5. The van der Waals surface area contributed by atoms with Gasteiger partial charge in [-0.25, -0.2) is 4.98 Å². The molecule has 1 amide bonds. The van der Waals surface area contributed by atoms with Gasteiger partial charge >= 0.3 is 0 Å². The zero-order chi connectivity index (χ0) is 17.6. The van der Waals surface area contributed by atoms with Gasteiger partial charge in [-0.2, -0.15) is 4.98 Å². The minimum absolute atomic E-state index is 0.104. The van der Waals surface area contributed by atoms with Crippen LogP contribution in [0, 0.1) is 6.92 Å². The second kappa shape index (κ2) is 7.76. The number of benzene rings is 1. The first-order valence-electron chi connectivity index (χ1n) is 7.95. The highest BCUT2D eigenvalue weighted by atomic mass is 32.1. The van der Waals surface area contributed by atoms with E-state index in [1.165, 1.54) is 11.3 Å². The molecule has 0 fully saturated rings. The topological polar surface area (TPSA) is 78.9 Å². The zero-order valence-corrected chi connectivity index (χ0v) is 14.9. The van der Waals surface area contributed by atoms with Crippen LogP contribution in [-0.4, -0.2) is 22.4 Å². The van der Waals surface area contributed by atoms with E-state index in [9.17, 15) is 4.79 Å². The Bertz CT molecular complexity index is 846. The summed E-state index contributed by atoms with van der Waals surface area (Å²) in [5.74, 6) is 1.22. The Morgan fingerprint density at radius 1 is 1.12 bits per heavy atom. The van der Waals surface area contributed by atoms with E-state index in [0.717, 1.165) is 29.4 Å². The number of rotatable bonds is 6. The Labute approximate surface area is 150 Å². The molecule has 0 radical (unpaired) electrons. The molecule has 6 nitrogen and oxygen atoms in total. The van der Waals surface area contributed by atoms with E-state index >= 15 is 0 Å². The number of nitrogens with one attached hydrogen (secondary N) is 3. The molecule has 0 spiro atoms. The lowest BCUT2D eigenvalue weighted by molar-refractivity contribution is 0.103. The van der Waals surface area contributed by atoms with Gasteiger partial charge < -0.3 is 16.0 Å². The maximum Gasteiger partial charge on any atom is 0.265 e. The molecular formula is C18H19N5OS. The third-order valence-corrected chi connectivity index (χ3v) is 4.22. The molecule has 2 heterocycles. The van der Waals surface area contributed by atoms with E-state index in [0.29, 0.717) is 10.8 Å². The Kier molecular flexibility index (Phi) is 5.25. The number of carbonyl (C=O) groups is 1. The van der Waals surface area contributed by atoms with Crippen LogP contribution < -0.4 is 16.0 Å². The van der Waals surface area contributed by atoms with Crippen LogP contribution >= 0.6 is 11.3 Å². The number of anilines is 4. The van der Waals surface area contributed by atoms with Gasteiger partial charge in [0.25, 0.3) is 5.91 Å². The van der Waals surface area contributed by atoms with Gasteiger partial charge in [0, 0.05) is 29.7 Å². The van der Waals surface area contributed by atoms with Gasteiger partial charge in [0.1, 0.15) is 5.82 Å². The molecule has 25 heavy (non-hydrogen) atoms. The van der Waals surface area contributed by atoms with E-state index in [1.54, 1.807) is 6.07 Å². The number of hydrogen-bond donors (Lipinski definition) is 3. The summed E-state index contributed by atoms with van der Waals surface area (Å²) >= 11 is 1.41. The zero-order valence-electron chi connectivity index (χ0n) is 14.0. The lowest BCUT2D eigenvalue weighted by Crippen LogP contribution is -2.10. The summed E-state index contributed by atoms with van der Waals surface area (Å²) < 4.78 is 0. The van der Waals surface area contributed by atoms with Crippen molar-refractivity contribution in [2.24, 2.45) is 0 Å². The molecule has 128 valence electrons. The molecule has 0 aliphatic rings. The lowest BCUT2D eigenvalue weighted by atomic mass is 10.2. The molecule has 1 aromatic carbocycles. The first-order valence-corrected chi connectivity index (χ1v) is 8.83. The largest absolute Gasteiger partial charge is 0.370 e. The third kappa shape index (κ3) is 4.54. The monoisotopic (exact) mass is 353 g/mol. The fourth-order valence-electron chi connectivity index (χ4n) is 2.26. The number of aromatic nitrogens is 2. The van der Waals surface area contributed by atoms with Crippen molar-refractivity contribution in [3.05, 3.63) is 58.4 Å². The summed E-state index contributed by atoms with van der Waals surface area (Å²) in [6.07, 6.45) is 0. The number of carbonyl (C=O) groups excluding carboxylic acids is 1. The molecule has 7 heteroatoms. The van der Waals surface area contributed by atoms with Crippen molar-refractivity contribution in [1.82, 2.24) is 9.97 Å². The van der Waals surface area contributed by atoms with E-state index in [2.05, 4.69) is 25.9 Å². The van der Waals surface area contributed by atoms with Crippen LogP contribution in [0.1, 0.15) is 22.3 Å². The second-order valence-corrected chi connectivity index (χ2v) is 6.33. The Morgan fingerprint density at radius 2 is 1.88 bits per heavy atom. The van der Waals surface area contributed by atoms with Crippen LogP contribution in [0.15, 0.2) is 47.8 Å². The molecule has 2 aromatic heterocycles. The molecule has 3 N–H and O–H groups in total. The van der Waals surface area contributed by atoms with Crippen molar-refractivity contribution < 1.29 is 4.79 Å². The highest BCUT2D eigenvalue weighted by Crippen LogP contribution is 2.19. The number of hydrogen-bond acceptors (Lipinski definition) is 6. The molecule has 0 saturated carbocycles. The smallest absolute Gasteiger partial charge is 0.265 e. The van der Waals surface area contributed by atoms with Crippen LogP contribution in [0.5, 0.6) is 0 Å². The van der Waals surface area contributed by atoms with E-state index in [4.69, 9.17) is 0 Å². The summed E-state index contributed by atoms with van der Waals surface area (Å²) in [6.45, 7) is 4.75. The number of aryl methyl sites for hydroxylation is 1. The molecule has 0 aliphatic carbocycles. The molecule has 3 rings (SSSR count). The maximum absolute atomic E-state index is 12.0. The van der Waals surface area contributed by atoms with E-state index in [-0.39, 0.29) is 5.91 Å². The molecule has 3 aromatic rings. The van der Waals surface area contributed by atoms with Crippen LogP contribution in [-0.2, 0) is 0 Å².